The van der Waals surface area contributed by atoms with Gasteiger partial charge in [0.05, 0.1) is 11.4 Å². The molecule has 2 aromatic rings. The molecule has 4 nitrogen and oxygen atoms in total. The predicted octanol–water partition coefficient (Wildman–Crippen LogP) is 2.96. The first kappa shape index (κ1) is 13.8. The molecule has 0 spiro atoms. The Hall–Kier alpha value is -1.59. The summed E-state index contributed by atoms with van der Waals surface area (Å²) in [4.78, 5) is 12.3. The van der Waals surface area contributed by atoms with Gasteiger partial charge in [0, 0.05) is 6.42 Å². The molecule has 0 radical (unpaired) electrons. The number of rotatable bonds is 6. The maximum atomic E-state index is 11.3. The minimum Gasteiger partial charge on any atom is -0.457 e. The fourth-order valence-electron chi connectivity index (χ4n) is 1.71. The highest BCUT2D eigenvalue weighted by molar-refractivity contribution is 7.13. The molecule has 0 bridgehead atoms. The molecule has 2 aromatic heterocycles. The van der Waals surface area contributed by atoms with Crippen LogP contribution in [0.25, 0.3) is 10.6 Å². The fourth-order valence-corrected chi connectivity index (χ4v) is 2.40. The van der Waals surface area contributed by atoms with E-state index in [0.29, 0.717) is 12.2 Å². The Balaban J connectivity index is 1.93. The number of furan rings is 1. The molecule has 1 atom stereocenters. The number of hydrogen-bond donors (Lipinski definition) is 2. The summed E-state index contributed by atoms with van der Waals surface area (Å²) < 4.78 is 5.59. The minimum atomic E-state index is -0.811. The number of carbonyl (C=O) groups is 1. The standard InChI is InChI=1S/C14H17NO3S/c1-2-4-14(17)15-9-10(16)11-6-7-12(18-11)13-5-3-8-19-13/h3,5-8,10,16H,2,4,9H2,1H3,(H,15,17). The largest absolute Gasteiger partial charge is 0.457 e. The molecule has 0 aliphatic rings. The average Bonchev–Trinajstić information content (AvgIpc) is 3.06. The third-order valence-corrected chi connectivity index (χ3v) is 3.57. The van der Waals surface area contributed by atoms with E-state index in [2.05, 4.69) is 5.32 Å². The first-order valence-electron chi connectivity index (χ1n) is 6.29. The molecule has 2 rings (SSSR count). The summed E-state index contributed by atoms with van der Waals surface area (Å²) in [5.74, 6) is 1.16. The molecule has 2 heterocycles. The molecular formula is C14H17NO3S. The second-order valence-electron chi connectivity index (χ2n) is 4.25. The Kier molecular flexibility index (Phi) is 4.76. The summed E-state index contributed by atoms with van der Waals surface area (Å²) >= 11 is 1.58. The van der Waals surface area contributed by atoms with Crippen LogP contribution in [0.3, 0.4) is 0 Å². The predicted molar refractivity (Wildman–Crippen MR) is 74.9 cm³/mol. The molecule has 0 aliphatic carbocycles. The normalized spacial score (nSPS) is 12.3. The molecule has 0 aromatic carbocycles. The summed E-state index contributed by atoms with van der Waals surface area (Å²) in [5, 5.41) is 14.6. The molecule has 0 saturated carbocycles. The van der Waals surface area contributed by atoms with Crippen LogP contribution in [0.1, 0.15) is 31.6 Å². The van der Waals surface area contributed by atoms with Crippen molar-refractivity contribution in [1.82, 2.24) is 5.32 Å². The van der Waals surface area contributed by atoms with Gasteiger partial charge in [-0.2, -0.15) is 0 Å². The lowest BCUT2D eigenvalue weighted by Gasteiger charge is -2.09. The Labute approximate surface area is 116 Å². The lowest BCUT2D eigenvalue weighted by Crippen LogP contribution is -2.27. The second-order valence-corrected chi connectivity index (χ2v) is 5.20. The monoisotopic (exact) mass is 279 g/mol. The van der Waals surface area contributed by atoms with Crippen LogP contribution in [0.4, 0.5) is 0 Å². The van der Waals surface area contributed by atoms with Crippen molar-refractivity contribution in [1.29, 1.82) is 0 Å². The third-order valence-electron chi connectivity index (χ3n) is 2.69. The van der Waals surface area contributed by atoms with Crippen molar-refractivity contribution in [3.63, 3.8) is 0 Å². The number of carbonyl (C=O) groups excluding carboxylic acids is 1. The third kappa shape index (κ3) is 3.68. The maximum absolute atomic E-state index is 11.3. The highest BCUT2D eigenvalue weighted by Gasteiger charge is 2.14. The van der Waals surface area contributed by atoms with Gasteiger partial charge in [-0.05, 0) is 30.0 Å². The zero-order valence-corrected chi connectivity index (χ0v) is 11.6. The van der Waals surface area contributed by atoms with Crippen LogP contribution in [0.15, 0.2) is 34.1 Å². The molecule has 19 heavy (non-hydrogen) atoms. The van der Waals surface area contributed by atoms with Crippen LogP contribution in [0.5, 0.6) is 0 Å². The Morgan fingerprint density at radius 2 is 2.32 bits per heavy atom. The number of thiophene rings is 1. The molecular weight excluding hydrogens is 262 g/mol. The van der Waals surface area contributed by atoms with Crippen LogP contribution in [0, 0.1) is 0 Å². The van der Waals surface area contributed by atoms with E-state index in [4.69, 9.17) is 4.42 Å². The summed E-state index contributed by atoms with van der Waals surface area (Å²) in [6.07, 6.45) is 0.464. The van der Waals surface area contributed by atoms with Gasteiger partial charge in [0.1, 0.15) is 17.6 Å². The van der Waals surface area contributed by atoms with Crippen LogP contribution < -0.4 is 5.32 Å². The highest BCUT2D eigenvalue weighted by Crippen LogP contribution is 2.28. The van der Waals surface area contributed by atoms with E-state index >= 15 is 0 Å². The summed E-state index contributed by atoms with van der Waals surface area (Å²) in [7, 11) is 0. The molecule has 2 N–H and O–H groups in total. The van der Waals surface area contributed by atoms with Gasteiger partial charge in [0.25, 0.3) is 0 Å². The van der Waals surface area contributed by atoms with Gasteiger partial charge in [-0.25, -0.2) is 0 Å². The van der Waals surface area contributed by atoms with E-state index in [9.17, 15) is 9.90 Å². The van der Waals surface area contributed by atoms with Crippen molar-refractivity contribution in [3.05, 3.63) is 35.4 Å². The number of nitrogens with one attached hydrogen (secondary N) is 1. The number of hydrogen-bond acceptors (Lipinski definition) is 4. The molecule has 0 fully saturated rings. The molecule has 5 heteroatoms. The van der Waals surface area contributed by atoms with E-state index < -0.39 is 6.10 Å². The highest BCUT2D eigenvalue weighted by atomic mass is 32.1. The summed E-state index contributed by atoms with van der Waals surface area (Å²) in [5.41, 5.74) is 0. The van der Waals surface area contributed by atoms with E-state index in [0.717, 1.165) is 17.1 Å². The molecule has 0 saturated heterocycles. The quantitative estimate of drug-likeness (QED) is 0.854. The topological polar surface area (TPSA) is 62.5 Å². The Morgan fingerprint density at radius 3 is 3.00 bits per heavy atom. The average molecular weight is 279 g/mol. The first-order valence-corrected chi connectivity index (χ1v) is 7.17. The van der Waals surface area contributed by atoms with Crippen molar-refractivity contribution >= 4 is 17.2 Å². The number of aliphatic hydroxyl groups excluding tert-OH is 1. The smallest absolute Gasteiger partial charge is 0.220 e. The molecule has 1 amide bonds. The van der Waals surface area contributed by atoms with Gasteiger partial charge >= 0.3 is 0 Å². The van der Waals surface area contributed by atoms with E-state index in [1.54, 1.807) is 17.4 Å². The van der Waals surface area contributed by atoms with Crippen LogP contribution in [-0.4, -0.2) is 17.6 Å². The lowest BCUT2D eigenvalue weighted by atomic mass is 10.2. The van der Waals surface area contributed by atoms with Gasteiger partial charge in [-0.1, -0.05) is 13.0 Å². The van der Waals surface area contributed by atoms with Gasteiger partial charge in [0.2, 0.25) is 5.91 Å². The maximum Gasteiger partial charge on any atom is 0.220 e. The minimum absolute atomic E-state index is 0.0495. The van der Waals surface area contributed by atoms with E-state index in [1.807, 2.05) is 30.5 Å². The number of amides is 1. The Bertz CT molecular complexity index is 519. The second kappa shape index (κ2) is 6.54. The van der Waals surface area contributed by atoms with E-state index in [1.165, 1.54) is 0 Å². The van der Waals surface area contributed by atoms with Crippen LogP contribution in [-0.2, 0) is 4.79 Å². The zero-order valence-electron chi connectivity index (χ0n) is 10.8. The first-order chi connectivity index (χ1) is 9.20. The SMILES string of the molecule is CCCC(=O)NCC(O)c1ccc(-c2cccs2)o1. The summed E-state index contributed by atoms with van der Waals surface area (Å²) in [6.45, 7) is 2.12. The lowest BCUT2D eigenvalue weighted by molar-refractivity contribution is -0.121. The van der Waals surface area contributed by atoms with Crippen LogP contribution >= 0.6 is 11.3 Å². The van der Waals surface area contributed by atoms with Crippen molar-refractivity contribution < 1.29 is 14.3 Å². The zero-order chi connectivity index (χ0) is 13.7. The van der Waals surface area contributed by atoms with Crippen molar-refractivity contribution in [2.45, 2.75) is 25.9 Å². The van der Waals surface area contributed by atoms with Crippen molar-refractivity contribution in [2.75, 3.05) is 6.54 Å². The van der Waals surface area contributed by atoms with Gasteiger partial charge in [-0.15, -0.1) is 11.3 Å². The molecule has 1 unspecified atom stereocenters. The molecule has 0 aliphatic heterocycles. The van der Waals surface area contributed by atoms with Gasteiger partial charge in [-0.3, -0.25) is 4.79 Å². The fraction of sp³-hybridized carbons (Fsp3) is 0.357. The summed E-state index contributed by atoms with van der Waals surface area (Å²) in [6, 6.07) is 7.48. The van der Waals surface area contributed by atoms with Crippen LogP contribution in [0.2, 0.25) is 0 Å². The van der Waals surface area contributed by atoms with Crippen molar-refractivity contribution in [3.8, 4) is 10.6 Å². The number of aliphatic hydroxyl groups is 1. The molecule has 102 valence electrons. The Morgan fingerprint density at radius 1 is 1.47 bits per heavy atom. The van der Waals surface area contributed by atoms with Gasteiger partial charge in [0.15, 0.2) is 0 Å². The van der Waals surface area contributed by atoms with E-state index in [-0.39, 0.29) is 12.5 Å². The van der Waals surface area contributed by atoms with Crippen molar-refractivity contribution in [2.24, 2.45) is 0 Å². The van der Waals surface area contributed by atoms with Gasteiger partial charge < -0.3 is 14.8 Å².